The molecule has 1 N–H and O–H groups in total. The molecule has 20 heavy (non-hydrogen) atoms. The number of rotatable bonds is 2. The molecule has 0 saturated heterocycles. The lowest BCUT2D eigenvalue weighted by Gasteiger charge is -2.34. The van der Waals surface area contributed by atoms with E-state index in [0.29, 0.717) is 0 Å². The number of hydrogen-bond donors (Lipinski definition) is 1. The summed E-state index contributed by atoms with van der Waals surface area (Å²) in [6, 6.07) is 6.13. The molecule has 3 heteroatoms. The number of nitrogens with zero attached hydrogens (tertiary/aromatic N) is 2. The molecule has 1 unspecified atom stereocenters. The van der Waals surface area contributed by atoms with Gasteiger partial charge in [0.05, 0.1) is 18.3 Å². The van der Waals surface area contributed by atoms with Crippen LogP contribution in [0.4, 0.5) is 0 Å². The van der Waals surface area contributed by atoms with E-state index in [-0.39, 0.29) is 11.5 Å². The van der Waals surface area contributed by atoms with Gasteiger partial charge in [-0.3, -0.25) is 4.98 Å². The summed E-state index contributed by atoms with van der Waals surface area (Å²) in [5.74, 6) is 0. The first-order chi connectivity index (χ1) is 9.46. The molecule has 3 nitrogen and oxygen atoms in total. The molecule has 0 amide bonds. The van der Waals surface area contributed by atoms with Crippen LogP contribution in [0.3, 0.4) is 0 Å². The summed E-state index contributed by atoms with van der Waals surface area (Å²) in [5.41, 5.74) is 4.83. The molecule has 1 atom stereocenters. The molecule has 0 saturated carbocycles. The van der Waals surface area contributed by atoms with Gasteiger partial charge in [0.1, 0.15) is 0 Å². The normalized spacial score (nSPS) is 20.7. The van der Waals surface area contributed by atoms with E-state index < -0.39 is 0 Å². The Kier molecular flexibility index (Phi) is 3.17. The van der Waals surface area contributed by atoms with E-state index in [2.05, 4.69) is 48.7 Å². The molecule has 0 bridgehead atoms. The van der Waals surface area contributed by atoms with E-state index in [0.717, 1.165) is 30.6 Å². The third-order valence-corrected chi connectivity index (χ3v) is 4.30. The number of pyridine rings is 1. The van der Waals surface area contributed by atoms with Gasteiger partial charge in [-0.1, -0.05) is 19.9 Å². The minimum atomic E-state index is -0.333. The van der Waals surface area contributed by atoms with Crippen molar-refractivity contribution in [2.75, 3.05) is 0 Å². The highest BCUT2D eigenvalue weighted by molar-refractivity contribution is 5.30. The molecule has 2 aromatic heterocycles. The van der Waals surface area contributed by atoms with Gasteiger partial charge < -0.3 is 9.67 Å². The third kappa shape index (κ3) is 2.38. The molecule has 1 aliphatic carbocycles. The first-order valence-corrected chi connectivity index (χ1v) is 7.23. The molecule has 2 aromatic rings. The smallest absolute Gasteiger partial charge is 0.0812 e. The molecular weight excluding hydrogens is 248 g/mol. The van der Waals surface area contributed by atoms with Crippen LogP contribution in [0.5, 0.6) is 0 Å². The maximum absolute atomic E-state index is 10.3. The number of aliphatic hydroxyl groups excluding tert-OH is 1. The van der Waals surface area contributed by atoms with Crippen LogP contribution in [0.25, 0.3) is 0 Å². The highest BCUT2D eigenvalue weighted by Gasteiger charge is 2.33. The van der Waals surface area contributed by atoms with Crippen molar-refractivity contribution >= 4 is 0 Å². The van der Waals surface area contributed by atoms with Gasteiger partial charge in [-0.05, 0) is 42.9 Å². The standard InChI is InChI=1S/C17H22N2O/c1-12-5-4-7-18-14(12)11-19-8-6-13-15(19)9-17(2,3)10-16(13)20/h4-8,16,20H,9-11H2,1-3H3. The minimum Gasteiger partial charge on any atom is -0.388 e. The SMILES string of the molecule is Cc1cccnc1Cn1ccc2c1CC(C)(C)CC2O. The second-order valence-corrected chi connectivity index (χ2v) is 6.67. The van der Waals surface area contributed by atoms with Crippen molar-refractivity contribution in [3.05, 3.63) is 53.1 Å². The Morgan fingerprint density at radius 2 is 2.20 bits per heavy atom. The van der Waals surface area contributed by atoms with Crippen LogP contribution in [0, 0.1) is 12.3 Å². The number of aliphatic hydroxyl groups is 1. The van der Waals surface area contributed by atoms with E-state index in [4.69, 9.17) is 0 Å². The summed E-state index contributed by atoms with van der Waals surface area (Å²) in [7, 11) is 0. The van der Waals surface area contributed by atoms with Crippen molar-refractivity contribution < 1.29 is 5.11 Å². The Morgan fingerprint density at radius 3 is 2.95 bits per heavy atom. The van der Waals surface area contributed by atoms with Crippen molar-refractivity contribution in [1.29, 1.82) is 0 Å². The molecule has 1 aliphatic rings. The van der Waals surface area contributed by atoms with E-state index in [1.165, 1.54) is 11.3 Å². The molecule has 0 radical (unpaired) electrons. The van der Waals surface area contributed by atoms with Crippen LogP contribution >= 0.6 is 0 Å². The average molecular weight is 270 g/mol. The largest absolute Gasteiger partial charge is 0.388 e. The van der Waals surface area contributed by atoms with E-state index in [9.17, 15) is 5.11 Å². The van der Waals surface area contributed by atoms with Crippen LogP contribution in [0.2, 0.25) is 0 Å². The lowest BCUT2D eigenvalue weighted by atomic mass is 9.75. The van der Waals surface area contributed by atoms with Crippen molar-refractivity contribution in [3.63, 3.8) is 0 Å². The fourth-order valence-corrected chi connectivity index (χ4v) is 3.18. The molecule has 106 valence electrons. The maximum atomic E-state index is 10.3. The fourth-order valence-electron chi connectivity index (χ4n) is 3.18. The maximum Gasteiger partial charge on any atom is 0.0812 e. The number of hydrogen-bond acceptors (Lipinski definition) is 2. The summed E-state index contributed by atoms with van der Waals surface area (Å²) >= 11 is 0. The van der Waals surface area contributed by atoms with Crippen molar-refractivity contribution in [3.8, 4) is 0 Å². The molecule has 0 aliphatic heterocycles. The Hall–Kier alpha value is -1.61. The molecule has 3 rings (SSSR count). The minimum absolute atomic E-state index is 0.154. The zero-order chi connectivity index (χ0) is 14.3. The number of fused-ring (bicyclic) bond motifs is 1. The predicted molar refractivity (Wildman–Crippen MR) is 79.6 cm³/mol. The molecular formula is C17H22N2O. The fraction of sp³-hybridized carbons (Fsp3) is 0.471. The Balaban J connectivity index is 1.95. The predicted octanol–water partition coefficient (Wildman–Crippen LogP) is 3.25. The molecule has 0 fully saturated rings. The Labute approximate surface area is 120 Å². The quantitative estimate of drug-likeness (QED) is 0.909. The van der Waals surface area contributed by atoms with Gasteiger partial charge in [0.25, 0.3) is 0 Å². The van der Waals surface area contributed by atoms with Gasteiger partial charge in [0.2, 0.25) is 0 Å². The van der Waals surface area contributed by atoms with Gasteiger partial charge in [0.15, 0.2) is 0 Å². The second-order valence-electron chi connectivity index (χ2n) is 6.67. The van der Waals surface area contributed by atoms with Crippen LogP contribution < -0.4 is 0 Å². The van der Waals surface area contributed by atoms with Crippen LogP contribution in [-0.2, 0) is 13.0 Å². The Bertz CT molecular complexity index is 628. The van der Waals surface area contributed by atoms with E-state index >= 15 is 0 Å². The lowest BCUT2D eigenvalue weighted by Crippen LogP contribution is -2.27. The molecule has 2 heterocycles. The summed E-state index contributed by atoms with van der Waals surface area (Å²) in [6.07, 6.45) is 5.45. The van der Waals surface area contributed by atoms with Crippen molar-refractivity contribution in [1.82, 2.24) is 9.55 Å². The van der Waals surface area contributed by atoms with Gasteiger partial charge in [0, 0.05) is 23.7 Å². The van der Waals surface area contributed by atoms with Crippen molar-refractivity contribution in [2.45, 2.75) is 46.3 Å². The van der Waals surface area contributed by atoms with E-state index in [1.807, 2.05) is 12.3 Å². The number of aromatic nitrogens is 2. The highest BCUT2D eigenvalue weighted by Crippen LogP contribution is 2.41. The van der Waals surface area contributed by atoms with Crippen LogP contribution in [-0.4, -0.2) is 14.7 Å². The topological polar surface area (TPSA) is 38.0 Å². The van der Waals surface area contributed by atoms with E-state index in [1.54, 1.807) is 0 Å². The zero-order valence-corrected chi connectivity index (χ0v) is 12.4. The second kappa shape index (κ2) is 4.74. The molecule has 0 aromatic carbocycles. The van der Waals surface area contributed by atoms with Gasteiger partial charge >= 0.3 is 0 Å². The zero-order valence-electron chi connectivity index (χ0n) is 12.4. The summed E-state index contributed by atoms with van der Waals surface area (Å²) in [6.45, 7) is 7.33. The average Bonchev–Trinajstić information content (AvgIpc) is 2.74. The third-order valence-electron chi connectivity index (χ3n) is 4.30. The monoisotopic (exact) mass is 270 g/mol. The Morgan fingerprint density at radius 1 is 1.40 bits per heavy atom. The summed E-state index contributed by atoms with van der Waals surface area (Å²) in [5, 5.41) is 10.3. The summed E-state index contributed by atoms with van der Waals surface area (Å²) in [4.78, 5) is 4.47. The van der Waals surface area contributed by atoms with Crippen LogP contribution in [0.15, 0.2) is 30.6 Å². The summed E-state index contributed by atoms with van der Waals surface area (Å²) < 4.78 is 2.24. The van der Waals surface area contributed by atoms with Gasteiger partial charge in [-0.25, -0.2) is 0 Å². The molecule has 0 spiro atoms. The van der Waals surface area contributed by atoms with Crippen molar-refractivity contribution in [2.24, 2.45) is 5.41 Å². The lowest BCUT2D eigenvalue weighted by molar-refractivity contribution is 0.0981. The highest BCUT2D eigenvalue weighted by atomic mass is 16.3. The van der Waals surface area contributed by atoms with Gasteiger partial charge in [-0.15, -0.1) is 0 Å². The van der Waals surface area contributed by atoms with Crippen LogP contribution in [0.1, 0.15) is 48.9 Å². The first-order valence-electron chi connectivity index (χ1n) is 7.23. The first kappa shape index (κ1) is 13.4. The van der Waals surface area contributed by atoms with Gasteiger partial charge in [-0.2, -0.15) is 0 Å². The number of aryl methyl sites for hydroxylation is 1.